The maximum absolute atomic E-state index is 10.9. The fourth-order valence-electron chi connectivity index (χ4n) is 1.90. The molecule has 14 heavy (non-hydrogen) atoms. The van der Waals surface area contributed by atoms with Crippen LogP contribution in [0.1, 0.15) is 13.8 Å². The Balaban J connectivity index is 2.79. The summed E-state index contributed by atoms with van der Waals surface area (Å²) in [4.78, 5) is 10.6. The number of aliphatic carboxylic acids is 1. The molecule has 0 aromatic carbocycles. The van der Waals surface area contributed by atoms with E-state index in [1.807, 2.05) is 13.8 Å². The largest absolute Gasteiger partial charge is 0.481 e. The van der Waals surface area contributed by atoms with Crippen LogP contribution < -0.4 is 0 Å². The second-order valence-corrected chi connectivity index (χ2v) is 8.64. The third-order valence-electron chi connectivity index (χ3n) is 2.80. The third-order valence-corrected chi connectivity index (χ3v) is 6.17. The molecule has 1 unspecified atom stereocenters. The molecule has 0 spiro atoms. The summed E-state index contributed by atoms with van der Waals surface area (Å²) < 4.78 is -1.13. The molecule has 1 aliphatic carbocycles. The number of rotatable bonds is 3. The average Bonchev–Trinajstić information content (AvgIpc) is 2.49. The molecule has 82 valence electrons. The van der Waals surface area contributed by atoms with Crippen molar-refractivity contribution in [3.63, 3.8) is 0 Å². The topological polar surface area (TPSA) is 37.3 Å². The Morgan fingerprint density at radius 3 is 2.21 bits per heavy atom. The zero-order chi connectivity index (χ0) is 11.3. The van der Waals surface area contributed by atoms with Crippen molar-refractivity contribution in [2.45, 2.75) is 21.9 Å². The molecule has 0 saturated heterocycles. The predicted molar refractivity (Wildman–Crippen MR) is 64.5 cm³/mol. The van der Waals surface area contributed by atoms with Crippen LogP contribution in [0.2, 0.25) is 0 Å². The van der Waals surface area contributed by atoms with E-state index in [0.29, 0.717) is 0 Å². The molecule has 0 bridgehead atoms. The van der Waals surface area contributed by atoms with Gasteiger partial charge in [-0.05, 0) is 27.3 Å². The van der Waals surface area contributed by atoms with Gasteiger partial charge in [0.05, 0.1) is 10.7 Å². The van der Waals surface area contributed by atoms with Gasteiger partial charge in [0.2, 0.25) is 0 Å². The van der Waals surface area contributed by atoms with Gasteiger partial charge in [0.25, 0.3) is 0 Å². The second kappa shape index (κ2) is 3.79. The fraction of sp³-hybridized carbons (Fsp3) is 0.875. The van der Waals surface area contributed by atoms with Crippen molar-refractivity contribution in [3.05, 3.63) is 0 Å². The van der Waals surface area contributed by atoms with Gasteiger partial charge < -0.3 is 5.11 Å². The van der Waals surface area contributed by atoms with Crippen molar-refractivity contribution >= 4 is 61.0 Å². The van der Waals surface area contributed by atoms with Crippen molar-refractivity contribution in [2.24, 2.45) is 17.3 Å². The average molecular weight is 369 g/mol. The van der Waals surface area contributed by atoms with Crippen LogP contribution in [0.5, 0.6) is 0 Å². The lowest BCUT2D eigenvalue weighted by Crippen LogP contribution is -2.23. The second-order valence-electron chi connectivity index (χ2n) is 4.11. The summed E-state index contributed by atoms with van der Waals surface area (Å²) >= 11 is 18.2. The highest BCUT2D eigenvalue weighted by atomic mass is 79.9. The molecule has 2 nitrogen and oxygen atoms in total. The minimum Gasteiger partial charge on any atom is -0.481 e. The molecule has 1 saturated carbocycles. The Labute approximate surface area is 110 Å². The number of carboxylic acids is 1. The fourth-order valence-corrected chi connectivity index (χ4v) is 3.44. The van der Waals surface area contributed by atoms with Crippen molar-refractivity contribution in [3.8, 4) is 0 Å². The Morgan fingerprint density at radius 2 is 2.00 bits per heavy atom. The standard InChI is InChI=1S/C8H10Br2Cl2O2/c1-7(2)3(4(7)6(13)14)5(9)8(10,11)12/h3-5H,1-2H3,(H,13,14)/t3-,4+,5?/m0/s1. The maximum atomic E-state index is 10.9. The van der Waals surface area contributed by atoms with Gasteiger partial charge in [-0.15, -0.1) is 0 Å². The molecule has 6 heteroatoms. The van der Waals surface area contributed by atoms with E-state index in [-0.39, 0.29) is 22.1 Å². The molecule has 0 radical (unpaired) electrons. The van der Waals surface area contributed by atoms with Crippen LogP contribution in [0, 0.1) is 17.3 Å². The number of carboxylic acid groups (broad SMARTS) is 1. The van der Waals surface area contributed by atoms with E-state index in [4.69, 9.17) is 28.3 Å². The monoisotopic (exact) mass is 366 g/mol. The Morgan fingerprint density at radius 1 is 1.57 bits per heavy atom. The first-order valence-electron chi connectivity index (χ1n) is 4.03. The van der Waals surface area contributed by atoms with Gasteiger partial charge in [0.15, 0.2) is 3.24 Å². The molecular weight excluding hydrogens is 359 g/mol. The zero-order valence-electron chi connectivity index (χ0n) is 7.60. The van der Waals surface area contributed by atoms with Crippen LogP contribution in [-0.4, -0.2) is 19.1 Å². The summed E-state index contributed by atoms with van der Waals surface area (Å²) in [5.41, 5.74) is -0.261. The first kappa shape index (κ1) is 13.1. The van der Waals surface area contributed by atoms with Gasteiger partial charge >= 0.3 is 5.97 Å². The van der Waals surface area contributed by atoms with Crippen LogP contribution in [0.3, 0.4) is 0 Å². The lowest BCUT2D eigenvalue weighted by molar-refractivity contribution is -0.139. The minimum atomic E-state index is -1.13. The first-order valence-corrected chi connectivity index (χ1v) is 6.50. The summed E-state index contributed by atoms with van der Waals surface area (Å²) in [6, 6.07) is 0. The lowest BCUT2D eigenvalue weighted by Gasteiger charge is -2.19. The van der Waals surface area contributed by atoms with Crippen molar-refractivity contribution < 1.29 is 9.90 Å². The van der Waals surface area contributed by atoms with Crippen LogP contribution in [0.4, 0.5) is 0 Å². The number of carbonyl (C=O) groups is 1. The van der Waals surface area contributed by atoms with Crippen molar-refractivity contribution in [1.29, 1.82) is 0 Å². The zero-order valence-corrected chi connectivity index (χ0v) is 12.3. The number of hydrogen-bond acceptors (Lipinski definition) is 1. The minimum absolute atomic E-state index is 0.0608. The third kappa shape index (κ3) is 2.23. The van der Waals surface area contributed by atoms with E-state index < -0.39 is 9.21 Å². The Bertz CT molecular complexity index is 263. The summed E-state index contributed by atoms with van der Waals surface area (Å²) in [6.07, 6.45) is 0. The van der Waals surface area contributed by atoms with Crippen molar-refractivity contribution in [2.75, 3.05) is 0 Å². The summed E-state index contributed by atoms with van der Waals surface area (Å²) in [6.45, 7) is 3.80. The summed E-state index contributed by atoms with van der Waals surface area (Å²) in [5.74, 6) is -1.25. The molecule has 1 rings (SSSR count). The summed E-state index contributed by atoms with van der Waals surface area (Å²) in [5, 5.41) is 8.95. The molecular formula is C8H10Br2Cl2O2. The van der Waals surface area contributed by atoms with Gasteiger partial charge in [0, 0.05) is 0 Å². The molecule has 0 aromatic heterocycles. The maximum Gasteiger partial charge on any atom is 0.307 e. The first-order chi connectivity index (χ1) is 6.10. The normalized spacial score (nSPS) is 32.4. The Kier molecular flexibility index (Phi) is 3.54. The highest BCUT2D eigenvalue weighted by Gasteiger charge is 2.67. The highest BCUT2D eigenvalue weighted by molar-refractivity contribution is 9.13. The number of alkyl halides is 4. The van der Waals surface area contributed by atoms with Crippen LogP contribution in [0.25, 0.3) is 0 Å². The Hall–Kier alpha value is 1.01. The molecule has 0 aliphatic heterocycles. The number of halogens is 4. The molecule has 1 fully saturated rings. The van der Waals surface area contributed by atoms with Crippen LogP contribution >= 0.6 is 55.1 Å². The van der Waals surface area contributed by atoms with E-state index in [1.54, 1.807) is 0 Å². The quantitative estimate of drug-likeness (QED) is 0.772. The molecule has 1 aliphatic rings. The van der Waals surface area contributed by atoms with Gasteiger partial charge in [-0.2, -0.15) is 0 Å². The smallest absolute Gasteiger partial charge is 0.307 e. The van der Waals surface area contributed by atoms with Crippen LogP contribution in [0.15, 0.2) is 0 Å². The van der Waals surface area contributed by atoms with Gasteiger partial charge in [0.1, 0.15) is 0 Å². The van der Waals surface area contributed by atoms with E-state index >= 15 is 0 Å². The number of hydrogen-bond donors (Lipinski definition) is 1. The predicted octanol–water partition coefficient (Wildman–Crippen LogP) is 3.63. The van der Waals surface area contributed by atoms with Gasteiger partial charge in [-0.1, -0.05) is 53.0 Å². The molecule has 0 heterocycles. The highest BCUT2D eigenvalue weighted by Crippen LogP contribution is 2.64. The SMILES string of the molecule is CC1(C)[C@H](C(Br)C(Cl)(Cl)Br)[C@@H]1C(=O)O. The molecule has 0 amide bonds. The van der Waals surface area contributed by atoms with E-state index in [0.717, 1.165) is 0 Å². The van der Waals surface area contributed by atoms with Crippen molar-refractivity contribution in [1.82, 2.24) is 0 Å². The lowest BCUT2D eigenvalue weighted by atomic mass is 10.1. The van der Waals surface area contributed by atoms with E-state index in [9.17, 15) is 4.79 Å². The van der Waals surface area contributed by atoms with E-state index in [2.05, 4.69) is 31.9 Å². The van der Waals surface area contributed by atoms with E-state index in [1.165, 1.54) is 0 Å². The van der Waals surface area contributed by atoms with Gasteiger partial charge in [-0.3, -0.25) is 4.79 Å². The van der Waals surface area contributed by atoms with Gasteiger partial charge in [-0.25, -0.2) is 0 Å². The summed E-state index contributed by atoms with van der Waals surface area (Å²) in [7, 11) is 0. The molecule has 1 N–H and O–H groups in total. The molecule has 0 aromatic rings. The molecule has 3 atom stereocenters. The van der Waals surface area contributed by atoms with Crippen LogP contribution in [-0.2, 0) is 4.79 Å².